The molecule has 10 rings (SSSR count). The summed E-state index contributed by atoms with van der Waals surface area (Å²) in [5, 5.41) is 5.95. The lowest BCUT2D eigenvalue weighted by Gasteiger charge is -2.30. The third kappa shape index (κ3) is 5.53. The van der Waals surface area contributed by atoms with Gasteiger partial charge in [-0.05, 0) is 68.7 Å². The molecule has 10 aromatic rings. The van der Waals surface area contributed by atoms with Crippen LogP contribution in [0, 0.1) is 0 Å². The summed E-state index contributed by atoms with van der Waals surface area (Å²) in [5.74, 6) is 0.859. The van der Waals surface area contributed by atoms with Crippen LogP contribution in [0.4, 0.5) is 17.1 Å². The summed E-state index contributed by atoms with van der Waals surface area (Å²) in [7, 11) is 0. The van der Waals surface area contributed by atoms with Gasteiger partial charge in [0.2, 0.25) is 0 Å². The molecule has 0 aliphatic heterocycles. The molecule has 2 heteroatoms. The van der Waals surface area contributed by atoms with E-state index in [0.717, 1.165) is 61.6 Å². The third-order valence-corrected chi connectivity index (χ3v) is 10.5. The second kappa shape index (κ2) is 13.4. The van der Waals surface area contributed by atoms with Crippen molar-refractivity contribution in [1.82, 2.24) is 0 Å². The molecule has 0 aliphatic carbocycles. The molecular formula is C52H35NO. The van der Waals surface area contributed by atoms with Crippen molar-refractivity contribution < 1.29 is 4.42 Å². The van der Waals surface area contributed by atoms with Crippen LogP contribution < -0.4 is 4.90 Å². The average molecular weight is 690 g/mol. The Hall–Kier alpha value is -7.16. The largest absolute Gasteiger partial charge is 0.455 e. The number of hydrogen-bond acceptors (Lipinski definition) is 2. The normalized spacial score (nSPS) is 11.3. The fraction of sp³-hybridized carbons (Fsp3) is 0. The standard InChI is InChI=1S/C52H35NO/c1-3-16-36(17-4-1)37-30-32-38(33-31-37)44-24-11-13-28-48(44)53(49-35-40-20-7-8-23-43(40)45-25-9-10-26-46(45)49)42-22-15-21-41(34-42)52-51(39-18-5-2-6-19-39)47-27-12-14-29-50(47)54-52/h1-35H. The Balaban J connectivity index is 1.21. The predicted molar refractivity (Wildman–Crippen MR) is 228 cm³/mol. The number of hydrogen-bond donors (Lipinski definition) is 0. The van der Waals surface area contributed by atoms with E-state index < -0.39 is 0 Å². The Morgan fingerprint density at radius 3 is 1.70 bits per heavy atom. The van der Waals surface area contributed by atoms with Crippen molar-refractivity contribution in [2.24, 2.45) is 0 Å². The molecule has 0 aliphatic rings. The number of fused-ring (bicyclic) bond motifs is 4. The molecule has 1 heterocycles. The van der Waals surface area contributed by atoms with Gasteiger partial charge in [-0.2, -0.15) is 0 Å². The monoisotopic (exact) mass is 689 g/mol. The lowest BCUT2D eigenvalue weighted by molar-refractivity contribution is 0.632. The third-order valence-electron chi connectivity index (χ3n) is 10.5. The quantitative estimate of drug-likeness (QED) is 0.155. The van der Waals surface area contributed by atoms with Crippen molar-refractivity contribution in [2.75, 3.05) is 4.90 Å². The second-order valence-corrected chi connectivity index (χ2v) is 13.7. The van der Waals surface area contributed by atoms with Crippen LogP contribution in [-0.4, -0.2) is 0 Å². The molecule has 0 spiro atoms. The first-order valence-corrected chi connectivity index (χ1v) is 18.4. The van der Waals surface area contributed by atoms with E-state index in [9.17, 15) is 0 Å². The maximum Gasteiger partial charge on any atom is 0.143 e. The zero-order valence-electron chi connectivity index (χ0n) is 29.6. The second-order valence-electron chi connectivity index (χ2n) is 13.7. The Morgan fingerprint density at radius 1 is 0.333 bits per heavy atom. The number of nitrogens with zero attached hydrogens (tertiary/aromatic N) is 1. The zero-order valence-corrected chi connectivity index (χ0v) is 29.6. The molecule has 254 valence electrons. The van der Waals surface area contributed by atoms with Crippen molar-refractivity contribution in [2.45, 2.75) is 0 Å². The van der Waals surface area contributed by atoms with Crippen LogP contribution >= 0.6 is 0 Å². The highest BCUT2D eigenvalue weighted by Gasteiger charge is 2.23. The summed E-state index contributed by atoms with van der Waals surface area (Å²) < 4.78 is 6.74. The molecule has 0 unspecified atom stereocenters. The molecule has 0 saturated carbocycles. The van der Waals surface area contributed by atoms with Crippen LogP contribution in [0.3, 0.4) is 0 Å². The van der Waals surface area contributed by atoms with Crippen LogP contribution in [0.15, 0.2) is 217 Å². The molecule has 0 atom stereocenters. The molecule has 0 radical (unpaired) electrons. The number of benzene rings is 9. The summed E-state index contributed by atoms with van der Waals surface area (Å²) in [6.45, 7) is 0. The first-order chi connectivity index (χ1) is 26.8. The first kappa shape index (κ1) is 31.6. The molecule has 0 N–H and O–H groups in total. The summed E-state index contributed by atoms with van der Waals surface area (Å²) >= 11 is 0. The van der Waals surface area contributed by atoms with Crippen molar-refractivity contribution in [3.63, 3.8) is 0 Å². The SMILES string of the molecule is c1ccc(-c2ccc(-c3ccccc3N(c3cccc(-c4oc5ccccc5c4-c4ccccc4)c3)c3cc4ccccc4c4ccccc34)cc2)cc1. The van der Waals surface area contributed by atoms with E-state index in [2.05, 4.69) is 211 Å². The van der Waals surface area contributed by atoms with Gasteiger partial charge in [-0.3, -0.25) is 0 Å². The molecule has 54 heavy (non-hydrogen) atoms. The highest BCUT2D eigenvalue weighted by molar-refractivity contribution is 6.15. The van der Waals surface area contributed by atoms with Crippen molar-refractivity contribution >= 4 is 49.6 Å². The van der Waals surface area contributed by atoms with Gasteiger partial charge in [-0.15, -0.1) is 0 Å². The van der Waals surface area contributed by atoms with E-state index >= 15 is 0 Å². The van der Waals surface area contributed by atoms with Crippen molar-refractivity contribution in [3.05, 3.63) is 212 Å². The van der Waals surface area contributed by atoms with Crippen LogP contribution in [0.25, 0.3) is 77.2 Å². The fourth-order valence-corrected chi connectivity index (χ4v) is 7.94. The molecule has 9 aromatic carbocycles. The van der Waals surface area contributed by atoms with Crippen molar-refractivity contribution in [1.29, 1.82) is 0 Å². The minimum atomic E-state index is 0.859. The van der Waals surface area contributed by atoms with Gasteiger partial charge < -0.3 is 9.32 Å². The Bertz CT molecular complexity index is 2920. The number of furan rings is 1. The van der Waals surface area contributed by atoms with Gasteiger partial charge in [0.25, 0.3) is 0 Å². The van der Waals surface area contributed by atoms with Gasteiger partial charge in [-0.1, -0.05) is 182 Å². The van der Waals surface area contributed by atoms with Gasteiger partial charge in [0.05, 0.1) is 11.4 Å². The van der Waals surface area contributed by atoms with E-state index in [4.69, 9.17) is 4.42 Å². The predicted octanol–water partition coefficient (Wildman–Crippen LogP) is 14.9. The number of anilines is 3. The van der Waals surface area contributed by atoms with Crippen LogP contribution in [0.1, 0.15) is 0 Å². The van der Waals surface area contributed by atoms with E-state index in [0.29, 0.717) is 0 Å². The van der Waals surface area contributed by atoms with Gasteiger partial charge in [0, 0.05) is 33.2 Å². The van der Waals surface area contributed by atoms with E-state index in [1.165, 1.54) is 32.7 Å². The minimum absolute atomic E-state index is 0.859. The van der Waals surface area contributed by atoms with Crippen LogP contribution in [0.5, 0.6) is 0 Å². The number of para-hydroxylation sites is 2. The summed E-state index contributed by atoms with van der Waals surface area (Å²) in [6, 6.07) is 75.8. The first-order valence-electron chi connectivity index (χ1n) is 18.4. The lowest BCUT2D eigenvalue weighted by Crippen LogP contribution is -2.12. The summed E-state index contributed by atoms with van der Waals surface area (Å²) in [5.41, 5.74) is 12.1. The van der Waals surface area contributed by atoms with Crippen LogP contribution in [-0.2, 0) is 0 Å². The van der Waals surface area contributed by atoms with Gasteiger partial charge in [0.1, 0.15) is 11.3 Å². The number of rotatable bonds is 7. The maximum atomic E-state index is 6.74. The topological polar surface area (TPSA) is 16.4 Å². The summed E-state index contributed by atoms with van der Waals surface area (Å²) in [6.07, 6.45) is 0. The summed E-state index contributed by atoms with van der Waals surface area (Å²) in [4.78, 5) is 2.43. The maximum absolute atomic E-state index is 6.74. The minimum Gasteiger partial charge on any atom is -0.455 e. The van der Waals surface area contributed by atoms with Gasteiger partial charge >= 0.3 is 0 Å². The van der Waals surface area contributed by atoms with Crippen molar-refractivity contribution in [3.8, 4) is 44.7 Å². The Labute approximate surface area is 314 Å². The zero-order chi connectivity index (χ0) is 35.8. The molecular weight excluding hydrogens is 655 g/mol. The fourth-order valence-electron chi connectivity index (χ4n) is 7.94. The van der Waals surface area contributed by atoms with Gasteiger partial charge in [0.15, 0.2) is 0 Å². The van der Waals surface area contributed by atoms with E-state index in [1.807, 2.05) is 6.07 Å². The molecule has 0 amide bonds. The highest BCUT2D eigenvalue weighted by Crippen LogP contribution is 2.47. The Morgan fingerprint density at radius 2 is 0.907 bits per heavy atom. The van der Waals surface area contributed by atoms with E-state index in [1.54, 1.807) is 0 Å². The van der Waals surface area contributed by atoms with E-state index in [-0.39, 0.29) is 0 Å². The molecule has 2 nitrogen and oxygen atoms in total. The highest BCUT2D eigenvalue weighted by atomic mass is 16.3. The average Bonchev–Trinajstić information content (AvgIpc) is 3.65. The lowest BCUT2D eigenvalue weighted by atomic mass is 9.95. The Kier molecular flexibility index (Phi) is 7.85. The molecule has 0 fully saturated rings. The van der Waals surface area contributed by atoms with Gasteiger partial charge in [-0.25, -0.2) is 0 Å². The molecule has 0 saturated heterocycles. The van der Waals surface area contributed by atoms with Crippen LogP contribution in [0.2, 0.25) is 0 Å². The smallest absolute Gasteiger partial charge is 0.143 e. The molecule has 0 bridgehead atoms. The molecule has 1 aromatic heterocycles.